The molecule has 0 atom stereocenters. The first-order valence-electron chi connectivity index (χ1n) is 40.0. The van der Waals surface area contributed by atoms with Gasteiger partial charge in [-0.15, -0.1) is 0 Å². The Morgan fingerprint density at radius 2 is 0.474 bits per heavy atom. The van der Waals surface area contributed by atoms with Gasteiger partial charge in [-0.2, -0.15) is 0 Å². The lowest BCUT2D eigenvalue weighted by Crippen LogP contribution is -2.65. The lowest BCUT2D eigenvalue weighted by Gasteiger charge is -2.48. The minimum Gasteiger partial charge on any atom is -0.311 e. The van der Waals surface area contributed by atoms with Crippen molar-refractivity contribution in [3.8, 4) is 55.6 Å². The van der Waals surface area contributed by atoms with Crippen molar-refractivity contribution in [2.75, 3.05) is 29.4 Å². The van der Waals surface area contributed by atoms with Gasteiger partial charge in [0.15, 0.2) is 0 Å². The van der Waals surface area contributed by atoms with E-state index in [1.807, 2.05) is 0 Å². The van der Waals surface area contributed by atoms with E-state index in [0.717, 1.165) is 158 Å². The van der Waals surface area contributed by atoms with E-state index in [1.54, 1.807) is 0 Å². The van der Waals surface area contributed by atoms with Gasteiger partial charge in [-0.05, 0) is 170 Å². The zero-order valence-corrected chi connectivity index (χ0v) is 63.6. The normalized spacial score (nSPS) is 12.6. The highest BCUT2D eigenvalue weighted by Crippen LogP contribution is 2.56. The van der Waals surface area contributed by atoms with E-state index in [9.17, 15) is 0 Å². The van der Waals surface area contributed by atoms with Crippen LogP contribution in [0.4, 0.5) is 102 Å². The molecule has 4 aliphatic heterocycles. The Bertz CT molecular complexity index is 6560. The molecule has 116 heavy (non-hydrogen) atoms. The van der Waals surface area contributed by atoms with Gasteiger partial charge in [0.25, 0.3) is 13.4 Å². The Balaban J connectivity index is 0.902. The fraction of sp³-hybridized carbons (Fsp3) is 0. The average Bonchev–Trinajstić information content (AvgIpc) is 0.679. The Morgan fingerprint density at radius 3 is 0.922 bits per heavy atom. The molecule has 0 spiro atoms. The quantitative estimate of drug-likeness (QED) is 0.0946. The molecule has 0 aromatic heterocycles. The number of nitrogens with zero attached hydrogens (tertiary/aromatic N) is 6. The lowest BCUT2D eigenvalue weighted by atomic mass is 9.30. The smallest absolute Gasteiger partial charge is 0.252 e. The van der Waals surface area contributed by atoms with Crippen LogP contribution in [0.15, 0.2) is 449 Å². The molecule has 4 aliphatic rings. The van der Waals surface area contributed by atoms with Crippen molar-refractivity contribution in [1.29, 1.82) is 0 Å². The summed E-state index contributed by atoms with van der Waals surface area (Å²) in [7, 11) is 0. The van der Waals surface area contributed by atoms with Gasteiger partial charge in [0.2, 0.25) is 0 Å². The largest absolute Gasteiger partial charge is 0.311 e. The van der Waals surface area contributed by atoms with Gasteiger partial charge in [0.05, 0.1) is 34.1 Å². The maximum absolute atomic E-state index is 2.70. The van der Waals surface area contributed by atoms with E-state index in [1.165, 1.54) is 32.8 Å². The lowest BCUT2D eigenvalue weighted by molar-refractivity contribution is 1.21. The van der Waals surface area contributed by atoms with E-state index in [2.05, 4.69) is 478 Å². The number of para-hydroxylation sites is 10. The van der Waals surface area contributed by atoms with Gasteiger partial charge >= 0.3 is 0 Å². The van der Waals surface area contributed by atoms with E-state index < -0.39 is 0 Å². The van der Waals surface area contributed by atoms with E-state index in [4.69, 9.17) is 0 Å². The fourth-order valence-corrected chi connectivity index (χ4v) is 18.9. The predicted molar refractivity (Wildman–Crippen MR) is 491 cm³/mol. The summed E-state index contributed by atoms with van der Waals surface area (Å²) in [4.78, 5) is 15.5. The highest BCUT2D eigenvalue weighted by atomic mass is 15.2. The van der Waals surface area contributed by atoms with Crippen molar-refractivity contribution in [3.05, 3.63) is 449 Å². The third kappa shape index (κ3) is 11.3. The van der Waals surface area contributed by atoms with Gasteiger partial charge in [-0.1, -0.05) is 340 Å². The van der Waals surface area contributed by atoms with E-state index in [0.29, 0.717) is 0 Å². The summed E-state index contributed by atoms with van der Waals surface area (Å²) in [6.45, 7) is -0.581. The van der Waals surface area contributed by atoms with Gasteiger partial charge in [-0.25, -0.2) is 0 Å². The summed E-state index contributed by atoms with van der Waals surface area (Å²) in [6.07, 6.45) is 0. The van der Waals surface area contributed by atoms with Crippen molar-refractivity contribution < 1.29 is 0 Å². The minimum absolute atomic E-state index is 0.280. The molecule has 22 rings (SSSR count). The molecule has 0 amide bonds. The molecule has 6 nitrogen and oxygen atoms in total. The summed E-state index contributed by atoms with van der Waals surface area (Å²) in [5.74, 6) is 0. The molecule has 0 saturated heterocycles. The maximum Gasteiger partial charge on any atom is 0.252 e. The number of rotatable bonds is 15. The van der Waals surface area contributed by atoms with Crippen LogP contribution in [0.25, 0.3) is 55.6 Å². The van der Waals surface area contributed by atoms with Crippen molar-refractivity contribution in [2.24, 2.45) is 0 Å². The van der Waals surface area contributed by atoms with Crippen molar-refractivity contribution >= 4 is 149 Å². The van der Waals surface area contributed by atoms with Crippen LogP contribution in [-0.2, 0) is 0 Å². The first-order chi connectivity index (χ1) is 57.6. The summed E-state index contributed by atoms with van der Waals surface area (Å²) in [5, 5.41) is 0. The third-order valence-corrected chi connectivity index (χ3v) is 23.7. The standard InChI is InChI=1S/C108H74B2N6/c1-10-39-75(40-11-1)86-57-28-33-64-95(86)114(96-65-34-29-58-87(96)76-41-12-2-13-42-76)85-71-103-106-104(72-85)115(97-66-35-30-59-88(97)77-43-14-3-15-44-77)99-68-37-32-63-92(99)110(106)93-73-94-101(74-100(93)113(103)83-55-26-9-27-56-83)116(108-89(78-45-16-4-17-46-78)60-38-61-90(108)79-47-18-5-19-48-79)105-70-84(111(80-49-20-6-21-50-80)81-51-22-7-23-52-81)69-102-107(105)109(94)91-62-31-36-67-98(91)112(102)82-53-24-8-25-54-82/h1-74H. The highest BCUT2D eigenvalue weighted by molar-refractivity contribution is 7.03. The molecular formula is C108H74B2N6. The van der Waals surface area contributed by atoms with Crippen LogP contribution in [0, 0.1) is 0 Å². The van der Waals surface area contributed by atoms with Gasteiger partial charge in [0, 0.05) is 96.1 Å². The van der Waals surface area contributed by atoms with E-state index >= 15 is 0 Å². The second-order valence-electron chi connectivity index (χ2n) is 30.2. The predicted octanol–water partition coefficient (Wildman–Crippen LogP) is 25.1. The molecule has 542 valence electrons. The van der Waals surface area contributed by atoms with Crippen molar-refractivity contribution in [2.45, 2.75) is 0 Å². The van der Waals surface area contributed by atoms with E-state index in [-0.39, 0.29) is 13.4 Å². The van der Waals surface area contributed by atoms with Gasteiger partial charge in [0.1, 0.15) is 0 Å². The molecule has 18 aromatic carbocycles. The van der Waals surface area contributed by atoms with Crippen LogP contribution in [-0.4, -0.2) is 13.4 Å². The summed E-state index contributed by atoms with van der Waals surface area (Å²) >= 11 is 0. The molecule has 0 fully saturated rings. The first-order valence-corrected chi connectivity index (χ1v) is 40.0. The molecule has 4 heterocycles. The van der Waals surface area contributed by atoms with Crippen LogP contribution >= 0.6 is 0 Å². The minimum atomic E-state index is -0.301. The number of hydrogen-bond donors (Lipinski definition) is 0. The summed E-state index contributed by atoms with van der Waals surface area (Å²) in [6, 6.07) is 167. The van der Waals surface area contributed by atoms with Crippen LogP contribution in [0.3, 0.4) is 0 Å². The monoisotopic (exact) mass is 1480 g/mol. The topological polar surface area (TPSA) is 19.4 Å². The molecule has 8 heteroatoms. The molecular weight excluding hydrogens is 1400 g/mol. The van der Waals surface area contributed by atoms with Gasteiger partial charge < -0.3 is 29.4 Å². The van der Waals surface area contributed by atoms with Crippen LogP contribution in [0.2, 0.25) is 0 Å². The molecule has 0 radical (unpaired) electrons. The molecule has 0 N–H and O–H groups in total. The second kappa shape index (κ2) is 28.6. The number of benzene rings is 18. The van der Waals surface area contributed by atoms with Crippen molar-refractivity contribution in [1.82, 2.24) is 0 Å². The average molecular weight is 1480 g/mol. The number of anilines is 18. The second-order valence-corrected chi connectivity index (χ2v) is 30.2. The molecule has 0 aliphatic carbocycles. The Hall–Kier alpha value is -15.1. The first kappa shape index (κ1) is 67.8. The highest BCUT2D eigenvalue weighted by Gasteiger charge is 2.50. The zero-order chi connectivity index (χ0) is 76.6. The Kier molecular flexibility index (Phi) is 16.7. The molecule has 0 bridgehead atoms. The van der Waals surface area contributed by atoms with Crippen LogP contribution in [0.1, 0.15) is 0 Å². The summed E-state index contributed by atoms with van der Waals surface area (Å²) in [5.41, 5.74) is 37.7. The Labute approximate surface area is 678 Å². The van der Waals surface area contributed by atoms with Gasteiger partial charge in [-0.3, -0.25) is 0 Å². The third-order valence-electron chi connectivity index (χ3n) is 23.7. The Morgan fingerprint density at radius 1 is 0.172 bits per heavy atom. The maximum atomic E-state index is 2.70. The number of hydrogen-bond acceptors (Lipinski definition) is 6. The van der Waals surface area contributed by atoms with Crippen LogP contribution in [0.5, 0.6) is 0 Å². The zero-order valence-electron chi connectivity index (χ0n) is 63.6. The van der Waals surface area contributed by atoms with Crippen LogP contribution < -0.4 is 62.2 Å². The summed E-state index contributed by atoms with van der Waals surface area (Å²) < 4.78 is 0. The fourth-order valence-electron chi connectivity index (χ4n) is 18.9. The molecule has 0 saturated carbocycles. The van der Waals surface area contributed by atoms with Crippen molar-refractivity contribution in [3.63, 3.8) is 0 Å². The number of fused-ring (bicyclic) bond motifs is 8. The molecule has 0 unspecified atom stereocenters. The SMILES string of the molecule is c1ccc(-c2ccccc2N(c2cc3c4c(c2)N(c2ccccc2-c2ccccc2)c2ccccc2B4c2cc4c(cc2N3c2ccccc2)N(c2c(-c3ccccc3)cccc2-c2ccccc2)c2cc(N(c3ccccc3)c3ccccc3)cc3c2B4c2ccccc2N3c2ccccc2)c2ccccc2-c2ccccc2)cc1. The molecule has 18 aromatic rings.